The maximum Gasteiger partial charge on any atom is 0.164 e. The van der Waals surface area contributed by atoms with E-state index >= 15 is 0 Å². The zero-order chi connectivity index (χ0) is 18.4. The van der Waals surface area contributed by atoms with Crippen LogP contribution < -0.4 is 4.74 Å². The Kier molecular flexibility index (Phi) is 6.37. The zero-order valence-electron chi connectivity index (χ0n) is 14.4. The number of halogens is 1. The van der Waals surface area contributed by atoms with Crippen molar-refractivity contribution in [1.29, 1.82) is 0 Å². The molecular formula is C22H19ClO2S. The molecule has 0 heterocycles. The van der Waals surface area contributed by atoms with Crippen LogP contribution in [0.25, 0.3) is 0 Å². The summed E-state index contributed by atoms with van der Waals surface area (Å²) in [6, 6.07) is 25.1. The molecule has 0 radical (unpaired) electrons. The van der Waals surface area contributed by atoms with Gasteiger partial charge in [-0.05, 0) is 54.1 Å². The van der Waals surface area contributed by atoms with Crippen molar-refractivity contribution in [2.75, 3.05) is 7.11 Å². The van der Waals surface area contributed by atoms with E-state index in [1.165, 1.54) is 0 Å². The van der Waals surface area contributed by atoms with Gasteiger partial charge in [0.15, 0.2) is 5.78 Å². The summed E-state index contributed by atoms with van der Waals surface area (Å²) in [5, 5.41) is 0.742. The standard InChI is InChI=1S/C22H19ClO2S/c1-25-19-11-7-16(8-12-19)21(24)15-22(17-5-3-2-4-6-17)26-20-13-9-18(23)10-14-20/h2-14,22H,15H2,1H3. The van der Waals surface area contributed by atoms with Gasteiger partial charge in [0.1, 0.15) is 5.75 Å². The Labute approximate surface area is 163 Å². The molecule has 0 aromatic heterocycles. The van der Waals surface area contributed by atoms with Crippen LogP contribution in [0.15, 0.2) is 83.8 Å². The molecule has 0 aliphatic rings. The largest absolute Gasteiger partial charge is 0.497 e. The van der Waals surface area contributed by atoms with E-state index in [0.717, 1.165) is 16.2 Å². The summed E-state index contributed by atoms with van der Waals surface area (Å²) in [5.74, 6) is 0.861. The first-order valence-electron chi connectivity index (χ1n) is 8.30. The van der Waals surface area contributed by atoms with E-state index in [2.05, 4.69) is 12.1 Å². The number of benzene rings is 3. The van der Waals surface area contributed by atoms with E-state index in [-0.39, 0.29) is 11.0 Å². The molecule has 0 aliphatic carbocycles. The second kappa shape index (κ2) is 8.93. The summed E-state index contributed by atoms with van der Waals surface area (Å²) in [4.78, 5) is 13.9. The highest BCUT2D eigenvalue weighted by atomic mass is 35.5. The highest BCUT2D eigenvalue weighted by Crippen LogP contribution is 2.39. The van der Waals surface area contributed by atoms with Crippen molar-refractivity contribution in [1.82, 2.24) is 0 Å². The number of thioether (sulfide) groups is 1. The Bertz CT molecular complexity index is 846. The van der Waals surface area contributed by atoms with Crippen molar-refractivity contribution in [2.45, 2.75) is 16.6 Å². The normalized spacial score (nSPS) is 11.8. The molecule has 3 aromatic carbocycles. The summed E-state index contributed by atoms with van der Waals surface area (Å²) in [6.07, 6.45) is 0.420. The number of Topliss-reactive ketones (excluding diaryl/α,β-unsaturated/α-hetero) is 1. The molecule has 0 amide bonds. The van der Waals surface area contributed by atoms with Gasteiger partial charge in [-0.25, -0.2) is 0 Å². The van der Waals surface area contributed by atoms with Gasteiger partial charge >= 0.3 is 0 Å². The van der Waals surface area contributed by atoms with Gasteiger partial charge in [0, 0.05) is 27.2 Å². The van der Waals surface area contributed by atoms with Crippen LogP contribution >= 0.6 is 23.4 Å². The lowest BCUT2D eigenvalue weighted by atomic mass is 10.0. The third-order valence-corrected chi connectivity index (χ3v) is 5.57. The van der Waals surface area contributed by atoms with Crippen molar-refractivity contribution < 1.29 is 9.53 Å². The Morgan fingerprint density at radius 2 is 1.62 bits per heavy atom. The fourth-order valence-electron chi connectivity index (χ4n) is 2.64. The second-order valence-electron chi connectivity index (χ2n) is 5.83. The molecule has 26 heavy (non-hydrogen) atoms. The van der Waals surface area contributed by atoms with Crippen LogP contribution in [0, 0.1) is 0 Å². The molecule has 132 valence electrons. The van der Waals surface area contributed by atoms with Crippen LogP contribution in [0.3, 0.4) is 0 Å². The molecule has 3 aromatic rings. The fraction of sp³-hybridized carbons (Fsp3) is 0.136. The lowest BCUT2D eigenvalue weighted by Gasteiger charge is -2.17. The number of carbonyl (C=O) groups excluding carboxylic acids is 1. The minimum absolute atomic E-state index is 0.0342. The van der Waals surface area contributed by atoms with Crippen LogP contribution in [0.1, 0.15) is 27.6 Å². The average molecular weight is 383 g/mol. The van der Waals surface area contributed by atoms with Crippen molar-refractivity contribution in [3.63, 3.8) is 0 Å². The Hall–Kier alpha value is -2.23. The van der Waals surface area contributed by atoms with Crippen LogP contribution in [0.4, 0.5) is 0 Å². The van der Waals surface area contributed by atoms with Crippen molar-refractivity contribution >= 4 is 29.1 Å². The molecular weight excluding hydrogens is 364 g/mol. The summed E-state index contributed by atoms with van der Waals surface area (Å²) in [6.45, 7) is 0. The van der Waals surface area contributed by atoms with E-state index < -0.39 is 0 Å². The average Bonchev–Trinajstić information content (AvgIpc) is 2.70. The smallest absolute Gasteiger partial charge is 0.164 e. The number of carbonyl (C=O) groups is 1. The first-order chi connectivity index (χ1) is 12.7. The Morgan fingerprint density at radius 3 is 2.23 bits per heavy atom. The molecule has 0 fully saturated rings. The first-order valence-corrected chi connectivity index (χ1v) is 9.56. The van der Waals surface area contributed by atoms with Gasteiger partial charge in [-0.15, -0.1) is 11.8 Å². The lowest BCUT2D eigenvalue weighted by molar-refractivity contribution is 0.0982. The minimum Gasteiger partial charge on any atom is -0.497 e. The Balaban J connectivity index is 1.80. The maximum atomic E-state index is 12.8. The number of hydrogen-bond donors (Lipinski definition) is 0. The van der Waals surface area contributed by atoms with Gasteiger partial charge in [0.05, 0.1) is 7.11 Å². The van der Waals surface area contributed by atoms with Gasteiger partial charge < -0.3 is 4.74 Å². The van der Waals surface area contributed by atoms with Crippen molar-refractivity contribution in [2.24, 2.45) is 0 Å². The van der Waals surface area contributed by atoms with Crippen LogP contribution in [-0.4, -0.2) is 12.9 Å². The fourth-order valence-corrected chi connectivity index (χ4v) is 3.91. The van der Waals surface area contributed by atoms with E-state index in [9.17, 15) is 4.79 Å². The molecule has 0 saturated carbocycles. The van der Waals surface area contributed by atoms with Gasteiger partial charge in [-0.3, -0.25) is 4.79 Å². The minimum atomic E-state index is 0.0342. The lowest BCUT2D eigenvalue weighted by Crippen LogP contribution is -2.05. The van der Waals surface area contributed by atoms with Crippen LogP contribution in [0.2, 0.25) is 5.02 Å². The van der Waals surface area contributed by atoms with E-state index in [4.69, 9.17) is 16.3 Å². The molecule has 1 unspecified atom stereocenters. The summed E-state index contributed by atoms with van der Waals surface area (Å²) in [5.41, 5.74) is 1.83. The SMILES string of the molecule is COc1ccc(C(=O)CC(Sc2ccc(Cl)cc2)c2ccccc2)cc1. The zero-order valence-corrected chi connectivity index (χ0v) is 16.0. The summed E-state index contributed by atoms with van der Waals surface area (Å²) in [7, 11) is 1.62. The Morgan fingerprint density at radius 1 is 0.962 bits per heavy atom. The van der Waals surface area contributed by atoms with Crippen molar-refractivity contribution in [3.05, 3.63) is 95.0 Å². The van der Waals surface area contributed by atoms with Gasteiger partial charge in [0.2, 0.25) is 0 Å². The first kappa shape index (κ1) is 18.6. The molecule has 0 spiro atoms. The quantitative estimate of drug-likeness (QED) is 0.346. The van der Waals surface area contributed by atoms with Gasteiger partial charge in [-0.1, -0.05) is 41.9 Å². The number of rotatable bonds is 7. The summed E-state index contributed by atoms with van der Waals surface area (Å²) >= 11 is 7.66. The molecule has 0 saturated heterocycles. The van der Waals surface area contributed by atoms with Crippen molar-refractivity contribution in [3.8, 4) is 5.75 Å². The molecule has 0 bridgehead atoms. The predicted molar refractivity (Wildman–Crippen MR) is 108 cm³/mol. The second-order valence-corrected chi connectivity index (χ2v) is 7.54. The summed E-state index contributed by atoms with van der Waals surface area (Å²) < 4.78 is 5.16. The number of ether oxygens (including phenoxy) is 1. The monoisotopic (exact) mass is 382 g/mol. The molecule has 2 nitrogen and oxygen atoms in total. The predicted octanol–water partition coefficient (Wildman–Crippen LogP) is 6.46. The van der Waals surface area contributed by atoms with Crippen LogP contribution in [0.5, 0.6) is 5.75 Å². The topological polar surface area (TPSA) is 26.3 Å². The van der Waals surface area contributed by atoms with E-state index in [1.807, 2.05) is 66.7 Å². The molecule has 0 N–H and O–H groups in total. The molecule has 1 atom stereocenters. The number of hydrogen-bond acceptors (Lipinski definition) is 3. The van der Waals surface area contributed by atoms with E-state index in [0.29, 0.717) is 17.0 Å². The van der Waals surface area contributed by atoms with Gasteiger partial charge in [-0.2, -0.15) is 0 Å². The number of ketones is 1. The molecule has 3 rings (SSSR count). The molecule has 0 aliphatic heterocycles. The van der Waals surface area contributed by atoms with Gasteiger partial charge in [0.25, 0.3) is 0 Å². The highest BCUT2D eigenvalue weighted by molar-refractivity contribution is 7.99. The third kappa shape index (κ3) is 4.90. The van der Waals surface area contributed by atoms with Crippen LogP contribution in [-0.2, 0) is 0 Å². The maximum absolute atomic E-state index is 12.8. The number of methoxy groups -OCH3 is 1. The highest BCUT2D eigenvalue weighted by Gasteiger charge is 2.18. The third-order valence-electron chi connectivity index (χ3n) is 4.05. The molecule has 4 heteroatoms. The van der Waals surface area contributed by atoms with E-state index in [1.54, 1.807) is 18.9 Å².